The molecular formula is C34H37ClF3N7O7. The highest BCUT2D eigenvalue weighted by atomic mass is 35.5. The fourth-order valence-electron chi connectivity index (χ4n) is 5.43. The third-order valence-corrected chi connectivity index (χ3v) is 8.64. The first kappa shape index (κ1) is 38.2. The molecule has 2 heterocycles. The molecule has 52 heavy (non-hydrogen) atoms. The molecule has 14 nitrogen and oxygen atoms in total. The van der Waals surface area contributed by atoms with Gasteiger partial charge in [0.15, 0.2) is 6.61 Å². The number of hydrogen-bond acceptors (Lipinski definition) is 12. The zero-order chi connectivity index (χ0) is 37.3. The predicted octanol–water partition coefficient (Wildman–Crippen LogP) is 4.47. The molecule has 1 saturated carbocycles. The molecule has 1 aliphatic carbocycles. The Morgan fingerprint density at radius 2 is 1.73 bits per heavy atom. The molecule has 4 N–H and O–H groups in total. The number of halogens is 4. The van der Waals surface area contributed by atoms with E-state index >= 15 is 0 Å². The Kier molecular flexibility index (Phi) is 12.5. The second-order valence-electron chi connectivity index (χ2n) is 12.4. The Bertz CT molecular complexity index is 1740. The van der Waals surface area contributed by atoms with Crippen molar-refractivity contribution in [2.75, 3.05) is 44.1 Å². The van der Waals surface area contributed by atoms with Crippen LogP contribution < -0.4 is 26.0 Å². The number of methoxy groups -OCH3 is 1. The summed E-state index contributed by atoms with van der Waals surface area (Å²) in [5, 5.41) is 11.7. The number of carbonyl (C=O) groups excluding carboxylic acids is 4. The van der Waals surface area contributed by atoms with Crippen molar-refractivity contribution >= 4 is 52.8 Å². The summed E-state index contributed by atoms with van der Waals surface area (Å²) in [6, 6.07) is 11.2. The smallest absolute Gasteiger partial charge is 0.422 e. The molecule has 2 fully saturated rings. The minimum Gasteiger partial charge on any atom is -0.467 e. The predicted molar refractivity (Wildman–Crippen MR) is 181 cm³/mol. The van der Waals surface area contributed by atoms with E-state index in [9.17, 15) is 32.3 Å². The summed E-state index contributed by atoms with van der Waals surface area (Å²) in [4.78, 5) is 62.5. The van der Waals surface area contributed by atoms with E-state index in [1.807, 2.05) is 12.1 Å². The number of amides is 2. The van der Waals surface area contributed by atoms with Crippen LogP contribution in [0.15, 0.2) is 48.5 Å². The van der Waals surface area contributed by atoms with E-state index in [4.69, 9.17) is 25.8 Å². The standard InChI is InChI=1S/C34H37ClF3N7O7/c1-50-29(49)25(12-13-26(46)28(48)39-17-20-3-2-16-51-18-20)41-27(47)21-4-10-24(11-5-21)40-30-42-31(44-32(43-30)52-19-34(36,37)38)45-33(14-15-33)22-6-8-23(35)9-7-22/h4-11,20,25H,2-3,12-19H2,1H3,(H,39,48)(H,41,47)(H2,40,42,43,44,45)/t20?,25-/m0/s1. The van der Waals surface area contributed by atoms with Crippen LogP contribution in [0.4, 0.5) is 30.8 Å². The first-order valence-electron chi connectivity index (χ1n) is 16.5. The van der Waals surface area contributed by atoms with Crippen LogP contribution in [-0.2, 0) is 29.4 Å². The summed E-state index contributed by atoms with van der Waals surface area (Å²) < 4.78 is 53.8. The quantitative estimate of drug-likeness (QED) is 0.119. The molecule has 1 aliphatic heterocycles. The van der Waals surface area contributed by atoms with Crippen molar-refractivity contribution in [1.82, 2.24) is 25.6 Å². The van der Waals surface area contributed by atoms with Gasteiger partial charge in [-0.15, -0.1) is 0 Å². The highest BCUT2D eigenvalue weighted by Crippen LogP contribution is 2.48. The Morgan fingerprint density at radius 3 is 2.37 bits per heavy atom. The Hall–Kier alpha value is -5.03. The summed E-state index contributed by atoms with van der Waals surface area (Å²) in [5.74, 6) is -3.02. The first-order chi connectivity index (χ1) is 24.8. The van der Waals surface area contributed by atoms with Gasteiger partial charge in [0.25, 0.3) is 11.8 Å². The number of aromatic nitrogens is 3. The van der Waals surface area contributed by atoms with Gasteiger partial charge < -0.3 is 35.5 Å². The summed E-state index contributed by atoms with van der Waals surface area (Å²) in [6.45, 7) is -0.140. The molecule has 0 bridgehead atoms. The monoisotopic (exact) mass is 747 g/mol. The number of carbonyl (C=O) groups is 4. The first-order valence-corrected chi connectivity index (χ1v) is 16.8. The molecule has 2 atom stereocenters. The fraction of sp³-hybridized carbons (Fsp3) is 0.441. The number of Topliss-reactive ketones (excluding diaryl/α,β-unsaturated/α-hetero) is 1. The van der Waals surface area contributed by atoms with Crippen molar-refractivity contribution in [3.8, 4) is 6.01 Å². The van der Waals surface area contributed by atoms with Crippen molar-refractivity contribution < 1.29 is 46.6 Å². The van der Waals surface area contributed by atoms with Gasteiger partial charge in [0.05, 0.1) is 19.3 Å². The maximum absolute atomic E-state index is 13.0. The van der Waals surface area contributed by atoms with Gasteiger partial charge in [0.2, 0.25) is 17.7 Å². The summed E-state index contributed by atoms with van der Waals surface area (Å²) >= 11 is 6.02. The van der Waals surface area contributed by atoms with Gasteiger partial charge >= 0.3 is 18.2 Å². The van der Waals surface area contributed by atoms with Gasteiger partial charge in [-0.1, -0.05) is 23.7 Å². The number of rotatable bonds is 16. The Labute approximate surface area is 301 Å². The van der Waals surface area contributed by atoms with E-state index in [-0.39, 0.29) is 36.2 Å². The highest BCUT2D eigenvalue weighted by molar-refractivity contribution is 6.36. The molecule has 18 heteroatoms. The fourth-order valence-corrected chi connectivity index (χ4v) is 5.56. The molecule has 1 aromatic heterocycles. The third kappa shape index (κ3) is 11.0. The molecule has 278 valence electrons. The number of ketones is 1. The summed E-state index contributed by atoms with van der Waals surface area (Å²) in [5.41, 5.74) is 0.830. The molecule has 1 saturated heterocycles. The van der Waals surface area contributed by atoms with E-state index in [0.717, 1.165) is 25.5 Å². The lowest BCUT2D eigenvalue weighted by atomic mass is 10.0. The van der Waals surface area contributed by atoms with Crippen molar-refractivity contribution in [2.45, 2.75) is 56.3 Å². The van der Waals surface area contributed by atoms with Crippen LogP contribution in [0.3, 0.4) is 0 Å². The zero-order valence-electron chi connectivity index (χ0n) is 28.1. The molecule has 2 amide bonds. The molecule has 1 unspecified atom stereocenters. The molecular weight excluding hydrogens is 711 g/mol. The van der Waals surface area contributed by atoms with E-state index in [1.165, 1.54) is 24.3 Å². The lowest BCUT2D eigenvalue weighted by molar-refractivity contribution is -0.154. The van der Waals surface area contributed by atoms with Crippen LogP contribution in [-0.4, -0.2) is 84.2 Å². The highest BCUT2D eigenvalue weighted by Gasteiger charge is 2.45. The molecule has 3 aromatic rings. The minimum absolute atomic E-state index is 0.0261. The van der Waals surface area contributed by atoms with Crippen molar-refractivity contribution in [3.05, 3.63) is 64.7 Å². The number of anilines is 3. The number of hydrogen-bond donors (Lipinski definition) is 4. The van der Waals surface area contributed by atoms with Crippen molar-refractivity contribution in [1.29, 1.82) is 0 Å². The number of benzene rings is 2. The van der Waals surface area contributed by atoms with E-state index in [2.05, 4.69) is 36.2 Å². The average molecular weight is 748 g/mol. The summed E-state index contributed by atoms with van der Waals surface area (Å²) in [7, 11) is 1.13. The maximum atomic E-state index is 13.0. The topological polar surface area (TPSA) is 183 Å². The molecule has 5 rings (SSSR count). The van der Waals surface area contributed by atoms with E-state index < -0.39 is 53.9 Å². The Balaban J connectivity index is 1.21. The molecule has 0 radical (unpaired) electrons. The largest absolute Gasteiger partial charge is 0.467 e. The van der Waals surface area contributed by atoms with Gasteiger partial charge in [-0.3, -0.25) is 14.4 Å². The van der Waals surface area contributed by atoms with Crippen LogP contribution in [0.1, 0.15) is 54.4 Å². The van der Waals surface area contributed by atoms with E-state index in [1.54, 1.807) is 12.1 Å². The number of esters is 1. The number of nitrogens with zero attached hydrogens (tertiary/aromatic N) is 3. The van der Waals surface area contributed by atoms with Crippen LogP contribution >= 0.6 is 11.6 Å². The molecule has 2 aliphatic rings. The normalized spacial score (nSPS) is 16.9. The second-order valence-corrected chi connectivity index (χ2v) is 12.8. The van der Waals surface area contributed by atoms with Gasteiger partial charge in [-0.05, 0) is 80.0 Å². The lowest BCUT2D eigenvalue weighted by Gasteiger charge is -2.22. The van der Waals surface area contributed by atoms with Crippen LogP contribution in [0.25, 0.3) is 0 Å². The minimum atomic E-state index is -4.63. The number of nitrogens with one attached hydrogen (secondary N) is 4. The SMILES string of the molecule is COC(=O)[C@H](CCC(=O)C(=O)NCC1CCCOC1)NC(=O)c1ccc(Nc2nc(NC3(c4ccc(Cl)cc4)CC3)nc(OCC(F)(F)F)n2)cc1. The second kappa shape index (κ2) is 17.0. The summed E-state index contributed by atoms with van der Waals surface area (Å²) in [6.07, 6.45) is -1.94. The molecule has 0 spiro atoms. The average Bonchev–Trinajstić information content (AvgIpc) is 3.91. The number of alkyl halides is 3. The van der Waals surface area contributed by atoms with Crippen LogP contribution in [0.5, 0.6) is 6.01 Å². The number of ether oxygens (including phenoxy) is 3. The van der Waals surface area contributed by atoms with Crippen molar-refractivity contribution in [3.63, 3.8) is 0 Å². The molecule has 2 aromatic carbocycles. The van der Waals surface area contributed by atoms with Gasteiger partial charge in [-0.2, -0.15) is 28.1 Å². The zero-order valence-corrected chi connectivity index (χ0v) is 28.8. The van der Waals surface area contributed by atoms with Gasteiger partial charge in [0.1, 0.15) is 6.04 Å². The van der Waals surface area contributed by atoms with E-state index in [0.29, 0.717) is 43.3 Å². The van der Waals surface area contributed by atoms with Crippen LogP contribution in [0, 0.1) is 5.92 Å². The van der Waals surface area contributed by atoms with Crippen LogP contribution in [0.2, 0.25) is 5.02 Å². The Morgan fingerprint density at radius 1 is 1.02 bits per heavy atom. The van der Waals surface area contributed by atoms with Gasteiger partial charge in [-0.25, -0.2) is 4.79 Å². The van der Waals surface area contributed by atoms with Gasteiger partial charge in [0, 0.05) is 35.8 Å². The maximum Gasteiger partial charge on any atom is 0.422 e. The lowest BCUT2D eigenvalue weighted by Crippen LogP contribution is -2.43. The van der Waals surface area contributed by atoms with Crippen molar-refractivity contribution in [2.24, 2.45) is 5.92 Å². The third-order valence-electron chi connectivity index (χ3n) is 8.39.